The topological polar surface area (TPSA) is 173 Å². The van der Waals surface area contributed by atoms with Crippen LogP contribution in [0.2, 0.25) is 0 Å². The third-order valence-corrected chi connectivity index (χ3v) is 8.48. The minimum Gasteiger partial charge on any atom is -0.460 e. The van der Waals surface area contributed by atoms with E-state index >= 15 is 0 Å². The molecule has 13 nitrogen and oxygen atoms in total. The predicted molar refractivity (Wildman–Crippen MR) is 180 cm³/mol. The summed E-state index contributed by atoms with van der Waals surface area (Å²) in [7, 11) is 0. The van der Waals surface area contributed by atoms with E-state index in [0.717, 1.165) is 6.26 Å². The van der Waals surface area contributed by atoms with Gasteiger partial charge in [0.2, 0.25) is 5.91 Å². The molecule has 0 spiro atoms. The van der Waals surface area contributed by atoms with Crippen LogP contribution in [0.3, 0.4) is 0 Å². The highest BCUT2D eigenvalue weighted by molar-refractivity contribution is 9.10. The lowest BCUT2D eigenvalue weighted by Gasteiger charge is -2.30. The Kier molecular flexibility index (Phi) is 13.6. The van der Waals surface area contributed by atoms with Gasteiger partial charge >= 0.3 is 12.1 Å². The molecule has 4 rings (SSSR count). The molecule has 49 heavy (non-hydrogen) atoms. The lowest BCUT2D eigenvalue weighted by Crippen LogP contribution is -2.44. The van der Waals surface area contributed by atoms with Gasteiger partial charge in [-0.1, -0.05) is 43.7 Å². The summed E-state index contributed by atoms with van der Waals surface area (Å²) in [4.78, 5) is 61.7. The number of pyridine rings is 1. The Morgan fingerprint density at radius 1 is 1.29 bits per heavy atom. The molecule has 2 bridgehead atoms. The number of fused-ring (bicyclic) bond motifs is 3. The number of halogens is 2. The number of ether oxygens (including phenoxy) is 2. The molecule has 4 heterocycles. The van der Waals surface area contributed by atoms with Crippen LogP contribution in [-0.2, 0) is 25.5 Å². The zero-order valence-corrected chi connectivity index (χ0v) is 29.1. The van der Waals surface area contributed by atoms with Crippen LogP contribution >= 0.6 is 15.9 Å². The SMILES string of the molecule is CC1=C\[C@@H](O)C[C@@H](F)Cc2nc(co2)C(=O)N2CCC[C@@H]2C(=O)O[C@H]([C@@H](C)COC(=O)Nc2ccc(Br)nc2)[C@H](C)/C=C/C(=O)NC\C=C\1. The normalized spacial score (nSPS) is 27.5. The van der Waals surface area contributed by atoms with Gasteiger partial charge in [0.05, 0.1) is 31.0 Å². The molecule has 264 valence electrons. The van der Waals surface area contributed by atoms with Gasteiger partial charge in [-0.25, -0.2) is 23.9 Å². The number of rotatable bonds is 4. The first-order chi connectivity index (χ1) is 23.4. The number of hydrogen-bond donors (Lipinski definition) is 3. The van der Waals surface area contributed by atoms with Crippen LogP contribution in [0.4, 0.5) is 14.9 Å². The van der Waals surface area contributed by atoms with Gasteiger partial charge in [-0.3, -0.25) is 14.9 Å². The van der Waals surface area contributed by atoms with Crippen molar-refractivity contribution in [3.63, 3.8) is 0 Å². The van der Waals surface area contributed by atoms with E-state index in [0.29, 0.717) is 28.7 Å². The third kappa shape index (κ3) is 11.3. The zero-order chi connectivity index (χ0) is 35.5. The van der Waals surface area contributed by atoms with E-state index in [-0.39, 0.29) is 44.1 Å². The summed E-state index contributed by atoms with van der Waals surface area (Å²) in [6.45, 7) is 5.57. The average molecular weight is 747 g/mol. The summed E-state index contributed by atoms with van der Waals surface area (Å²) in [6.07, 6.45) is 6.65. The number of nitrogens with one attached hydrogen (secondary N) is 2. The molecule has 3 amide bonds. The average Bonchev–Trinajstić information content (AvgIpc) is 3.74. The fourth-order valence-electron chi connectivity index (χ4n) is 5.54. The molecule has 0 radical (unpaired) electrons. The molecular formula is C34H41BrFN5O8. The van der Waals surface area contributed by atoms with Gasteiger partial charge in [0.15, 0.2) is 11.6 Å². The van der Waals surface area contributed by atoms with Crippen LogP contribution in [0.15, 0.2) is 69.6 Å². The van der Waals surface area contributed by atoms with E-state index < -0.39 is 60.1 Å². The molecule has 2 aromatic rings. The number of esters is 1. The smallest absolute Gasteiger partial charge is 0.411 e. The third-order valence-electron chi connectivity index (χ3n) is 8.01. The largest absolute Gasteiger partial charge is 0.460 e. The van der Waals surface area contributed by atoms with E-state index in [4.69, 9.17) is 13.9 Å². The first kappa shape index (κ1) is 37.4. The molecule has 1 fully saturated rings. The van der Waals surface area contributed by atoms with E-state index in [9.17, 15) is 28.7 Å². The minimum absolute atomic E-state index is 0.00830. The Hall–Kier alpha value is -4.37. The number of alkyl halides is 1. The highest BCUT2D eigenvalue weighted by atomic mass is 79.9. The van der Waals surface area contributed by atoms with Gasteiger partial charge in [0, 0.05) is 31.3 Å². The molecule has 2 aliphatic rings. The van der Waals surface area contributed by atoms with E-state index in [1.807, 2.05) is 0 Å². The lowest BCUT2D eigenvalue weighted by atomic mass is 9.93. The highest BCUT2D eigenvalue weighted by Crippen LogP contribution is 2.26. The fraction of sp³-hybridized carbons (Fsp3) is 0.471. The molecule has 0 saturated carbocycles. The molecule has 0 aromatic carbocycles. The summed E-state index contributed by atoms with van der Waals surface area (Å²) in [5.41, 5.74) is 1.02. The Morgan fingerprint density at radius 2 is 2.08 bits per heavy atom. The number of amides is 3. The molecule has 3 N–H and O–H groups in total. The van der Waals surface area contributed by atoms with E-state index in [1.54, 1.807) is 51.1 Å². The molecule has 0 unspecified atom stereocenters. The lowest BCUT2D eigenvalue weighted by molar-refractivity contribution is -0.159. The van der Waals surface area contributed by atoms with Crippen LogP contribution in [0.25, 0.3) is 0 Å². The second kappa shape index (κ2) is 17.9. The number of nitrogens with zero attached hydrogens (tertiary/aromatic N) is 3. The molecule has 2 aromatic heterocycles. The Morgan fingerprint density at radius 3 is 2.84 bits per heavy atom. The highest BCUT2D eigenvalue weighted by Gasteiger charge is 2.39. The number of carbonyl (C=O) groups excluding carboxylic acids is 4. The molecule has 2 aliphatic heterocycles. The Labute approximate surface area is 292 Å². The van der Waals surface area contributed by atoms with Crippen LogP contribution in [0.5, 0.6) is 0 Å². The van der Waals surface area contributed by atoms with Crippen molar-refractivity contribution < 1.29 is 42.6 Å². The van der Waals surface area contributed by atoms with Crippen molar-refractivity contribution in [3.8, 4) is 0 Å². The van der Waals surface area contributed by atoms with Gasteiger partial charge < -0.3 is 29.2 Å². The number of allylic oxidation sites excluding steroid dienone is 2. The number of aliphatic hydroxyl groups is 1. The maximum absolute atomic E-state index is 14.8. The van der Waals surface area contributed by atoms with Crippen LogP contribution < -0.4 is 10.6 Å². The van der Waals surface area contributed by atoms with Crippen LogP contribution in [0, 0.1) is 11.8 Å². The second-order valence-electron chi connectivity index (χ2n) is 12.1. The van der Waals surface area contributed by atoms with Gasteiger partial charge in [-0.15, -0.1) is 0 Å². The van der Waals surface area contributed by atoms with Gasteiger partial charge in [-0.2, -0.15) is 0 Å². The number of aromatic nitrogens is 2. The summed E-state index contributed by atoms with van der Waals surface area (Å²) >= 11 is 3.23. The van der Waals surface area contributed by atoms with Crippen molar-refractivity contribution >= 4 is 45.5 Å². The summed E-state index contributed by atoms with van der Waals surface area (Å²) in [5, 5.41) is 15.6. The number of carbonyl (C=O) groups is 4. The van der Waals surface area contributed by atoms with Gasteiger partial charge in [0.1, 0.15) is 29.2 Å². The number of cyclic esters (lactones) is 1. The Bertz CT molecular complexity index is 1560. The maximum Gasteiger partial charge on any atom is 0.411 e. The van der Waals surface area contributed by atoms with Gasteiger partial charge in [-0.05, 0) is 53.9 Å². The standard InChI is InChI=1S/C34H41BrFN5O8/c1-20-6-4-12-37-29(43)11-8-21(2)31(22(3)18-48-34(46)39-24-9-10-28(35)38-17-24)49-33(45)27-7-5-13-41(27)32(44)26-19-47-30(40-26)16-23(36)15-25(42)14-20/h4,6,8-11,14,17,19,21-23,25,27,31,42H,5,7,12-13,15-16,18H2,1-3H3,(H,37,43)(H,39,46)/b6-4+,11-8+,20-14+/t21-,22+,23-,25-,27-,31+/m1/s1. The molecule has 1 saturated heterocycles. The molecule has 0 aliphatic carbocycles. The van der Waals surface area contributed by atoms with Crippen molar-refractivity contribution in [2.75, 3.05) is 25.0 Å². The fourth-order valence-corrected chi connectivity index (χ4v) is 5.77. The number of anilines is 1. The first-order valence-electron chi connectivity index (χ1n) is 16.0. The molecule has 6 atom stereocenters. The molecule has 15 heteroatoms. The zero-order valence-electron chi connectivity index (χ0n) is 27.5. The second-order valence-corrected chi connectivity index (χ2v) is 12.9. The van der Waals surface area contributed by atoms with Crippen LogP contribution in [0.1, 0.15) is 56.4 Å². The maximum atomic E-state index is 14.8. The predicted octanol–water partition coefficient (Wildman–Crippen LogP) is 4.69. The van der Waals surface area contributed by atoms with Gasteiger partial charge in [0.25, 0.3) is 5.91 Å². The van der Waals surface area contributed by atoms with Crippen molar-refractivity contribution in [3.05, 3.63) is 76.7 Å². The summed E-state index contributed by atoms with van der Waals surface area (Å²) in [5.74, 6) is -2.66. The number of aliphatic hydroxyl groups excluding tert-OH is 1. The minimum atomic E-state index is -1.50. The van der Waals surface area contributed by atoms with Crippen molar-refractivity contribution in [2.24, 2.45) is 11.8 Å². The van der Waals surface area contributed by atoms with E-state index in [2.05, 4.69) is 36.5 Å². The quantitative estimate of drug-likeness (QED) is 0.295. The Balaban J connectivity index is 1.53. The number of hydrogen-bond acceptors (Lipinski definition) is 10. The van der Waals surface area contributed by atoms with Crippen molar-refractivity contribution in [1.29, 1.82) is 0 Å². The van der Waals surface area contributed by atoms with Crippen molar-refractivity contribution in [2.45, 2.75) is 70.9 Å². The first-order valence-corrected chi connectivity index (χ1v) is 16.8. The summed E-state index contributed by atoms with van der Waals surface area (Å²) in [6, 6.07) is 2.38. The van der Waals surface area contributed by atoms with Crippen molar-refractivity contribution in [1.82, 2.24) is 20.2 Å². The van der Waals surface area contributed by atoms with Crippen LogP contribution in [-0.4, -0.2) is 88.0 Å². The summed E-state index contributed by atoms with van der Waals surface area (Å²) < 4.78 is 32.2. The monoisotopic (exact) mass is 745 g/mol. The molecular weight excluding hydrogens is 705 g/mol. The number of oxazole rings is 1. The van der Waals surface area contributed by atoms with E-state index in [1.165, 1.54) is 23.2 Å².